The molecule has 0 radical (unpaired) electrons. The van der Waals surface area contributed by atoms with E-state index in [0.29, 0.717) is 18.9 Å². The minimum absolute atomic E-state index is 0.188. The van der Waals surface area contributed by atoms with Gasteiger partial charge in [-0.2, -0.15) is 5.10 Å². The van der Waals surface area contributed by atoms with Crippen molar-refractivity contribution in [3.05, 3.63) is 51.9 Å². The predicted octanol–water partition coefficient (Wildman–Crippen LogP) is 1.30. The molecule has 1 aromatic carbocycles. The molecule has 1 aromatic heterocycles. The van der Waals surface area contributed by atoms with Gasteiger partial charge in [-0.3, -0.25) is 9.59 Å². The number of rotatable bonds is 5. The van der Waals surface area contributed by atoms with Crippen LogP contribution in [0.2, 0.25) is 0 Å². The Hall–Kier alpha value is -2.83. The van der Waals surface area contributed by atoms with Crippen LogP contribution in [0.25, 0.3) is 0 Å². The lowest BCUT2D eigenvalue weighted by Gasteiger charge is -2.18. The maximum absolute atomic E-state index is 12.0. The molecule has 1 aliphatic heterocycles. The summed E-state index contributed by atoms with van der Waals surface area (Å²) in [5.41, 5.74) is 0.819. The van der Waals surface area contributed by atoms with Crippen molar-refractivity contribution in [1.82, 2.24) is 15.1 Å². The molecular formula is C18H21N3O4. The van der Waals surface area contributed by atoms with E-state index in [4.69, 9.17) is 9.47 Å². The fraction of sp³-hybridized carbons (Fsp3) is 0.389. The molecule has 25 heavy (non-hydrogen) atoms. The third kappa shape index (κ3) is 3.81. The number of carbonyl (C=O) groups excluding carboxylic acids is 1. The van der Waals surface area contributed by atoms with E-state index in [9.17, 15) is 9.59 Å². The summed E-state index contributed by atoms with van der Waals surface area (Å²) in [5, 5.41) is 6.62. The number of carbonyl (C=O) groups is 1. The second kappa shape index (κ2) is 6.58. The second-order valence-electron chi connectivity index (χ2n) is 6.57. The topological polar surface area (TPSA) is 82.5 Å². The van der Waals surface area contributed by atoms with Gasteiger partial charge < -0.3 is 14.8 Å². The Morgan fingerprint density at radius 3 is 2.92 bits per heavy atom. The molecule has 2 heterocycles. The van der Waals surface area contributed by atoms with E-state index in [2.05, 4.69) is 10.4 Å². The van der Waals surface area contributed by atoms with Gasteiger partial charge in [-0.15, -0.1) is 0 Å². The van der Waals surface area contributed by atoms with Gasteiger partial charge in [0.25, 0.3) is 11.5 Å². The summed E-state index contributed by atoms with van der Waals surface area (Å²) >= 11 is 0. The van der Waals surface area contributed by atoms with Crippen LogP contribution in [0.15, 0.2) is 35.1 Å². The Labute approximate surface area is 145 Å². The first kappa shape index (κ1) is 17.0. The fourth-order valence-corrected chi connectivity index (χ4v) is 2.74. The van der Waals surface area contributed by atoms with Crippen LogP contribution >= 0.6 is 0 Å². The number of aromatic nitrogens is 2. The number of ether oxygens (including phenoxy) is 2. The molecule has 0 spiro atoms. The number of amides is 1. The van der Waals surface area contributed by atoms with Crippen molar-refractivity contribution in [2.75, 3.05) is 13.2 Å². The monoisotopic (exact) mass is 343 g/mol. The highest BCUT2D eigenvalue weighted by atomic mass is 16.5. The van der Waals surface area contributed by atoms with Crippen molar-refractivity contribution >= 4 is 5.91 Å². The molecule has 3 rings (SSSR count). The number of hydrogen-bond acceptors (Lipinski definition) is 5. The van der Waals surface area contributed by atoms with Crippen LogP contribution in [0.3, 0.4) is 0 Å². The van der Waals surface area contributed by atoms with Crippen LogP contribution < -0.4 is 20.3 Å². The summed E-state index contributed by atoms with van der Waals surface area (Å²) in [6.07, 6.45) is 0.842. The summed E-state index contributed by atoms with van der Waals surface area (Å²) in [7, 11) is 1.50. The number of fused-ring (bicyclic) bond motifs is 1. The van der Waals surface area contributed by atoms with Gasteiger partial charge in [0.05, 0.1) is 6.54 Å². The van der Waals surface area contributed by atoms with Crippen molar-refractivity contribution in [3.8, 4) is 11.5 Å². The van der Waals surface area contributed by atoms with Crippen molar-refractivity contribution in [2.45, 2.75) is 25.9 Å². The number of nitrogens with zero attached hydrogens (tertiary/aromatic N) is 2. The zero-order valence-corrected chi connectivity index (χ0v) is 14.5. The largest absolute Gasteiger partial charge is 0.488 e. The van der Waals surface area contributed by atoms with E-state index in [1.807, 2.05) is 32.0 Å². The number of aryl methyl sites for hydroxylation is 1. The van der Waals surface area contributed by atoms with E-state index in [1.165, 1.54) is 19.2 Å². The van der Waals surface area contributed by atoms with Gasteiger partial charge in [-0.05, 0) is 26.0 Å². The molecule has 1 amide bonds. The van der Waals surface area contributed by atoms with E-state index in [0.717, 1.165) is 22.4 Å². The smallest absolute Gasteiger partial charge is 0.271 e. The molecule has 0 aliphatic carbocycles. The Kier molecular flexibility index (Phi) is 4.48. The molecule has 2 aromatic rings. The summed E-state index contributed by atoms with van der Waals surface area (Å²) in [5.74, 6) is 1.10. The predicted molar refractivity (Wildman–Crippen MR) is 92.2 cm³/mol. The Morgan fingerprint density at radius 2 is 2.16 bits per heavy atom. The molecule has 0 saturated heterocycles. The molecule has 0 unspecified atom stereocenters. The average Bonchev–Trinajstić information content (AvgIpc) is 2.88. The summed E-state index contributed by atoms with van der Waals surface area (Å²) in [6.45, 7) is 4.70. The van der Waals surface area contributed by atoms with Crippen molar-refractivity contribution in [1.29, 1.82) is 0 Å². The zero-order chi connectivity index (χ0) is 18.0. The minimum atomic E-state index is -0.352. The summed E-state index contributed by atoms with van der Waals surface area (Å²) in [6, 6.07) is 8.54. The SMILES string of the molecule is Cn1nc(C(=O)NCCOc2cccc3c2OC(C)(C)C3)ccc1=O. The molecule has 1 aliphatic rings. The number of nitrogens with one attached hydrogen (secondary N) is 1. The van der Waals surface area contributed by atoms with Crippen LogP contribution in [0.5, 0.6) is 11.5 Å². The molecule has 7 heteroatoms. The Morgan fingerprint density at radius 1 is 1.36 bits per heavy atom. The van der Waals surface area contributed by atoms with Gasteiger partial charge in [0, 0.05) is 25.1 Å². The van der Waals surface area contributed by atoms with Gasteiger partial charge >= 0.3 is 0 Å². The van der Waals surface area contributed by atoms with Crippen molar-refractivity contribution < 1.29 is 14.3 Å². The van der Waals surface area contributed by atoms with Crippen molar-refractivity contribution in [2.24, 2.45) is 7.05 Å². The van der Waals surface area contributed by atoms with E-state index < -0.39 is 0 Å². The molecule has 0 atom stereocenters. The van der Waals surface area contributed by atoms with Gasteiger partial charge in [0.1, 0.15) is 17.9 Å². The third-order valence-corrected chi connectivity index (χ3v) is 3.89. The highest BCUT2D eigenvalue weighted by Crippen LogP contribution is 2.41. The average molecular weight is 343 g/mol. The number of para-hydroxylation sites is 1. The van der Waals surface area contributed by atoms with Crippen LogP contribution in [-0.4, -0.2) is 34.4 Å². The minimum Gasteiger partial charge on any atom is -0.488 e. The van der Waals surface area contributed by atoms with E-state index in [1.54, 1.807) is 0 Å². The first-order valence-corrected chi connectivity index (χ1v) is 8.12. The highest BCUT2D eigenvalue weighted by molar-refractivity contribution is 5.91. The first-order chi connectivity index (χ1) is 11.9. The van der Waals surface area contributed by atoms with Gasteiger partial charge in [0.15, 0.2) is 11.5 Å². The molecule has 0 saturated carbocycles. The summed E-state index contributed by atoms with van der Waals surface area (Å²) < 4.78 is 12.8. The lowest BCUT2D eigenvalue weighted by atomic mass is 10.0. The maximum Gasteiger partial charge on any atom is 0.271 e. The van der Waals surface area contributed by atoms with Crippen LogP contribution in [0.1, 0.15) is 29.9 Å². The van der Waals surface area contributed by atoms with Crippen LogP contribution in [0, 0.1) is 0 Å². The zero-order valence-electron chi connectivity index (χ0n) is 14.5. The summed E-state index contributed by atoms with van der Waals surface area (Å²) in [4.78, 5) is 23.3. The highest BCUT2D eigenvalue weighted by Gasteiger charge is 2.32. The normalized spacial score (nSPS) is 14.5. The quantitative estimate of drug-likeness (QED) is 0.828. The molecule has 1 N–H and O–H groups in total. The molecule has 7 nitrogen and oxygen atoms in total. The van der Waals surface area contributed by atoms with E-state index in [-0.39, 0.29) is 22.8 Å². The molecule has 0 bridgehead atoms. The number of benzene rings is 1. The van der Waals surface area contributed by atoms with Crippen molar-refractivity contribution in [3.63, 3.8) is 0 Å². The van der Waals surface area contributed by atoms with Crippen LogP contribution in [0.4, 0.5) is 0 Å². The fourth-order valence-electron chi connectivity index (χ4n) is 2.74. The maximum atomic E-state index is 12.0. The Bertz CT molecular complexity index is 858. The van der Waals surface area contributed by atoms with E-state index >= 15 is 0 Å². The molecular weight excluding hydrogens is 322 g/mol. The van der Waals surface area contributed by atoms with Gasteiger partial charge in [-0.25, -0.2) is 4.68 Å². The third-order valence-electron chi connectivity index (χ3n) is 3.89. The lowest BCUT2D eigenvalue weighted by molar-refractivity contribution is 0.0939. The standard InChI is InChI=1S/C18H21N3O4/c1-18(2)11-12-5-4-6-14(16(12)25-18)24-10-9-19-17(23)13-7-8-15(22)21(3)20-13/h4-8H,9-11H2,1-3H3,(H,19,23). The van der Waals surface area contributed by atoms with Gasteiger partial charge in [0.2, 0.25) is 0 Å². The Balaban J connectivity index is 1.54. The first-order valence-electron chi connectivity index (χ1n) is 8.12. The second-order valence-corrected chi connectivity index (χ2v) is 6.57. The molecule has 132 valence electrons. The van der Waals surface area contributed by atoms with Crippen LogP contribution in [-0.2, 0) is 13.5 Å². The number of hydrogen-bond donors (Lipinski definition) is 1. The van der Waals surface area contributed by atoms with Gasteiger partial charge in [-0.1, -0.05) is 12.1 Å². The lowest BCUT2D eigenvalue weighted by Crippen LogP contribution is -2.31. The molecule has 0 fully saturated rings.